The summed E-state index contributed by atoms with van der Waals surface area (Å²) < 4.78 is 0. The van der Waals surface area contributed by atoms with E-state index in [0.29, 0.717) is 23.4 Å². The molecule has 2 aromatic carbocycles. The molecule has 9 heteroatoms. The maximum Gasteiger partial charge on any atom is 0.273 e. The zero-order valence-electron chi connectivity index (χ0n) is 16.6. The van der Waals surface area contributed by atoms with Gasteiger partial charge in [0.1, 0.15) is 0 Å². The van der Waals surface area contributed by atoms with Crippen molar-refractivity contribution in [1.82, 2.24) is 10.0 Å². The monoisotopic (exact) mass is 441 g/mol. The second kappa shape index (κ2) is 8.47. The molecule has 0 radical (unpaired) electrons. The number of halogens is 1. The maximum atomic E-state index is 13.4. The molecule has 0 N–H and O–H groups in total. The lowest BCUT2D eigenvalue weighted by atomic mass is 9.81. The SMILES string of the molecule is O=C(c1cccc([N+](=O)[O-])c1)N(Cc1ccc(Cl)cc1)N1C(=O)[C@@H]2CCCC[C@H]2C1=O. The minimum Gasteiger partial charge on any atom is -0.272 e. The Hall–Kier alpha value is -3.26. The first-order chi connectivity index (χ1) is 14.9. The molecule has 1 aliphatic carbocycles. The molecule has 160 valence electrons. The summed E-state index contributed by atoms with van der Waals surface area (Å²) in [6, 6.07) is 12.0. The number of carbonyl (C=O) groups is 3. The Morgan fingerprint density at radius 3 is 2.26 bits per heavy atom. The Morgan fingerprint density at radius 2 is 1.68 bits per heavy atom. The highest BCUT2D eigenvalue weighted by molar-refractivity contribution is 6.30. The smallest absolute Gasteiger partial charge is 0.272 e. The molecule has 1 aliphatic heterocycles. The molecular weight excluding hydrogens is 422 g/mol. The van der Waals surface area contributed by atoms with Crippen molar-refractivity contribution in [3.63, 3.8) is 0 Å². The van der Waals surface area contributed by atoms with Gasteiger partial charge in [0.15, 0.2) is 0 Å². The molecule has 4 rings (SSSR count). The van der Waals surface area contributed by atoms with E-state index in [-0.39, 0.29) is 29.6 Å². The van der Waals surface area contributed by atoms with Crippen molar-refractivity contribution >= 4 is 35.0 Å². The van der Waals surface area contributed by atoms with Crippen LogP contribution in [0.25, 0.3) is 0 Å². The van der Waals surface area contributed by atoms with Crippen LogP contribution >= 0.6 is 11.6 Å². The Kier molecular flexibility index (Phi) is 5.73. The molecule has 2 atom stereocenters. The van der Waals surface area contributed by atoms with Crippen molar-refractivity contribution < 1.29 is 19.3 Å². The van der Waals surface area contributed by atoms with E-state index < -0.39 is 22.7 Å². The first-order valence-corrected chi connectivity index (χ1v) is 10.4. The summed E-state index contributed by atoms with van der Waals surface area (Å²) in [6.07, 6.45) is 2.96. The Bertz CT molecular complexity index is 1030. The molecule has 1 saturated heterocycles. The van der Waals surface area contributed by atoms with E-state index in [1.54, 1.807) is 24.3 Å². The van der Waals surface area contributed by atoms with E-state index in [1.807, 2.05) is 0 Å². The average Bonchev–Trinajstić information content (AvgIpc) is 3.03. The van der Waals surface area contributed by atoms with Gasteiger partial charge in [0.05, 0.1) is 23.3 Å². The molecule has 2 aromatic rings. The van der Waals surface area contributed by atoms with Gasteiger partial charge in [0, 0.05) is 22.7 Å². The number of fused-ring (bicyclic) bond motifs is 1. The first-order valence-electron chi connectivity index (χ1n) is 10.1. The van der Waals surface area contributed by atoms with Gasteiger partial charge in [-0.1, -0.05) is 42.6 Å². The minimum atomic E-state index is -0.654. The number of nitro benzene ring substituents is 1. The van der Waals surface area contributed by atoms with E-state index in [0.717, 1.165) is 28.9 Å². The summed E-state index contributed by atoms with van der Waals surface area (Å²) in [5, 5.41) is 13.7. The van der Waals surface area contributed by atoms with Crippen molar-refractivity contribution in [2.75, 3.05) is 0 Å². The van der Waals surface area contributed by atoms with Gasteiger partial charge < -0.3 is 0 Å². The number of amides is 3. The Morgan fingerprint density at radius 1 is 1.06 bits per heavy atom. The van der Waals surface area contributed by atoms with Crippen LogP contribution in [0, 0.1) is 22.0 Å². The molecule has 2 aliphatic rings. The topological polar surface area (TPSA) is 101 Å². The third-order valence-electron chi connectivity index (χ3n) is 5.84. The largest absolute Gasteiger partial charge is 0.273 e. The number of imide groups is 1. The maximum absolute atomic E-state index is 13.4. The number of rotatable bonds is 5. The minimum absolute atomic E-state index is 0.0265. The fraction of sp³-hybridized carbons (Fsp3) is 0.318. The summed E-state index contributed by atoms with van der Waals surface area (Å²) in [5.41, 5.74) is 0.447. The highest BCUT2D eigenvalue weighted by Gasteiger charge is 2.51. The summed E-state index contributed by atoms with van der Waals surface area (Å²) in [4.78, 5) is 50.2. The molecule has 0 unspecified atom stereocenters. The number of nitrogens with zero attached hydrogens (tertiary/aromatic N) is 3. The lowest BCUT2D eigenvalue weighted by Crippen LogP contribution is -2.49. The van der Waals surface area contributed by atoms with Crippen LogP contribution in [0.15, 0.2) is 48.5 Å². The van der Waals surface area contributed by atoms with Crippen molar-refractivity contribution in [2.24, 2.45) is 11.8 Å². The summed E-state index contributed by atoms with van der Waals surface area (Å²) in [5.74, 6) is -2.28. The summed E-state index contributed by atoms with van der Waals surface area (Å²) in [6.45, 7) is -0.0460. The van der Waals surface area contributed by atoms with Gasteiger partial charge in [0.2, 0.25) is 0 Å². The molecule has 2 fully saturated rings. The quantitative estimate of drug-likeness (QED) is 0.397. The molecule has 3 amide bonds. The fourth-order valence-electron chi connectivity index (χ4n) is 4.28. The zero-order chi connectivity index (χ0) is 22.1. The van der Waals surface area contributed by atoms with Gasteiger partial charge in [-0.2, -0.15) is 5.01 Å². The predicted molar refractivity (Wildman–Crippen MR) is 112 cm³/mol. The Labute approximate surface area is 183 Å². The summed E-state index contributed by atoms with van der Waals surface area (Å²) >= 11 is 5.95. The van der Waals surface area contributed by atoms with Crippen LogP contribution in [0.5, 0.6) is 0 Å². The van der Waals surface area contributed by atoms with Crippen molar-refractivity contribution in [1.29, 1.82) is 0 Å². The van der Waals surface area contributed by atoms with Crippen molar-refractivity contribution in [2.45, 2.75) is 32.2 Å². The molecule has 1 heterocycles. The number of carbonyl (C=O) groups excluding carboxylic acids is 3. The van der Waals surface area contributed by atoms with Crippen LogP contribution in [-0.4, -0.2) is 32.7 Å². The Balaban J connectivity index is 1.72. The summed E-state index contributed by atoms with van der Waals surface area (Å²) in [7, 11) is 0. The van der Waals surface area contributed by atoms with Crippen LogP contribution in [0.1, 0.15) is 41.6 Å². The molecule has 0 aromatic heterocycles. The highest BCUT2D eigenvalue weighted by atomic mass is 35.5. The molecule has 1 saturated carbocycles. The number of non-ortho nitro benzene ring substituents is 1. The number of hydrogen-bond acceptors (Lipinski definition) is 5. The number of hydrazine groups is 1. The van der Waals surface area contributed by atoms with Gasteiger partial charge in [-0.25, -0.2) is 5.01 Å². The van der Waals surface area contributed by atoms with Gasteiger partial charge >= 0.3 is 0 Å². The third kappa shape index (κ3) is 4.03. The van der Waals surface area contributed by atoms with Crippen LogP contribution in [0.3, 0.4) is 0 Å². The lowest BCUT2D eigenvalue weighted by Gasteiger charge is -2.30. The molecule has 31 heavy (non-hydrogen) atoms. The third-order valence-corrected chi connectivity index (χ3v) is 6.10. The van der Waals surface area contributed by atoms with E-state index in [1.165, 1.54) is 18.2 Å². The second-order valence-electron chi connectivity index (χ2n) is 7.78. The van der Waals surface area contributed by atoms with Gasteiger partial charge in [-0.3, -0.25) is 24.5 Å². The van der Waals surface area contributed by atoms with Crippen LogP contribution in [-0.2, 0) is 16.1 Å². The molecule has 8 nitrogen and oxygen atoms in total. The number of hydrogen-bond donors (Lipinski definition) is 0. The van der Waals surface area contributed by atoms with Gasteiger partial charge in [-0.05, 0) is 36.6 Å². The molecule has 0 bridgehead atoms. The first kappa shape index (κ1) is 21.0. The number of nitro groups is 1. The van der Waals surface area contributed by atoms with Crippen LogP contribution < -0.4 is 0 Å². The van der Waals surface area contributed by atoms with E-state index in [4.69, 9.17) is 11.6 Å². The zero-order valence-corrected chi connectivity index (χ0v) is 17.3. The lowest BCUT2D eigenvalue weighted by molar-refractivity contribution is -0.384. The standard InChI is InChI=1S/C22H20ClN3O5/c23-16-10-8-14(9-11-16)13-24(20(27)15-4-3-5-17(12-15)26(30)31)25-21(28)18-6-1-2-7-19(18)22(25)29/h3-5,8-12,18-19H,1-2,6-7,13H2/t18-,19-/m1/s1. The fourth-order valence-corrected chi connectivity index (χ4v) is 4.41. The average molecular weight is 442 g/mol. The number of benzene rings is 2. The van der Waals surface area contributed by atoms with Crippen molar-refractivity contribution in [3.8, 4) is 0 Å². The molecule has 0 spiro atoms. The predicted octanol–water partition coefficient (Wildman–Crippen LogP) is 3.98. The van der Waals surface area contributed by atoms with Gasteiger partial charge in [-0.15, -0.1) is 0 Å². The van der Waals surface area contributed by atoms with E-state index >= 15 is 0 Å². The van der Waals surface area contributed by atoms with Crippen LogP contribution in [0.4, 0.5) is 5.69 Å². The van der Waals surface area contributed by atoms with Crippen LogP contribution in [0.2, 0.25) is 5.02 Å². The second-order valence-corrected chi connectivity index (χ2v) is 8.22. The van der Waals surface area contributed by atoms with E-state index in [9.17, 15) is 24.5 Å². The van der Waals surface area contributed by atoms with E-state index in [2.05, 4.69) is 0 Å². The van der Waals surface area contributed by atoms with Gasteiger partial charge in [0.25, 0.3) is 23.4 Å². The molecular formula is C22H20ClN3O5. The normalized spacial score (nSPS) is 20.5. The van der Waals surface area contributed by atoms with Crippen molar-refractivity contribution in [3.05, 3.63) is 74.8 Å². The highest BCUT2D eigenvalue weighted by Crippen LogP contribution is 2.39.